The first kappa shape index (κ1) is 19.4. The number of carbonyl (C=O) groups is 1. The van der Waals surface area contributed by atoms with Gasteiger partial charge >= 0.3 is 0 Å². The summed E-state index contributed by atoms with van der Waals surface area (Å²) in [7, 11) is 0. The van der Waals surface area contributed by atoms with Gasteiger partial charge in [-0.05, 0) is 53.8 Å². The zero-order valence-corrected chi connectivity index (χ0v) is 17.4. The number of rotatable bonds is 5. The van der Waals surface area contributed by atoms with Gasteiger partial charge in [0.1, 0.15) is 5.71 Å². The van der Waals surface area contributed by atoms with Crippen LogP contribution >= 0.6 is 11.6 Å². The van der Waals surface area contributed by atoms with Crippen molar-refractivity contribution in [2.45, 2.75) is 32.7 Å². The topological polar surface area (TPSA) is 32.7 Å². The number of amides is 1. The molecule has 1 heterocycles. The minimum atomic E-state index is -0.0767. The number of fused-ring (bicyclic) bond motifs is 1. The Morgan fingerprint density at radius 1 is 0.966 bits per heavy atom. The van der Waals surface area contributed by atoms with E-state index in [4.69, 9.17) is 16.6 Å². The van der Waals surface area contributed by atoms with E-state index in [1.165, 1.54) is 5.56 Å². The second kappa shape index (κ2) is 8.22. The summed E-state index contributed by atoms with van der Waals surface area (Å²) in [6.45, 7) is 4.88. The van der Waals surface area contributed by atoms with Crippen molar-refractivity contribution in [1.82, 2.24) is 0 Å². The molecule has 0 N–H and O–H groups in total. The molecule has 3 nitrogen and oxygen atoms in total. The minimum absolute atomic E-state index is 0.0767. The van der Waals surface area contributed by atoms with Crippen molar-refractivity contribution in [1.29, 1.82) is 0 Å². The largest absolute Gasteiger partial charge is 0.302 e. The third-order valence-electron chi connectivity index (χ3n) is 5.47. The number of aliphatic imine (C=N–C) groups is 1. The van der Waals surface area contributed by atoms with E-state index in [-0.39, 0.29) is 5.91 Å². The van der Waals surface area contributed by atoms with Crippen LogP contribution in [0.3, 0.4) is 0 Å². The summed E-state index contributed by atoms with van der Waals surface area (Å²) < 4.78 is 0. The Morgan fingerprint density at radius 3 is 2.34 bits per heavy atom. The molecule has 0 saturated heterocycles. The summed E-state index contributed by atoms with van der Waals surface area (Å²) in [5, 5.41) is 0.685. The van der Waals surface area contributed by atoms with Crippen LogP contribution in [0.25, 0.3) is 0 Å². The maximum Gasteiger partial charge on any atom is 0.277 e. The molecular weight excluding hydrogens is 380 g/mol. The monoisotopic (exact) mass is 402 g/mol. The maximum absolute atomic E-state index is 13.2. The third-order valence-corrected chi connectivity index (χ3v) is 5.72. The third kappa shape index (κ3) is 3.96. The highest BCUT2D eigenvalue weighted by molar-refractivity contribution is 6.54. The van der Waals surface area contributed by atoms with Gasteiger partial charge in [0.25, 0.3) is 5.91 Å². The molecular formula is C25H23ClN2O. The van der Waals surface area contributed by atoms with Gasteiger partial charge in [-0.1, -0.05) is 67.9 Å². The quantitative estimate of drug-likeness (QED) is 0.478. The van der Waals surface area contributed by atoms with Gasteiger partial charge in [0, 0.05) is 10.6 Å². The number of halogens is 1. The summed E-state index contributed by atoms with van der Waals surface area (Å²) in [4.78, 5) is 19.7. The van der Waals surface area contributed by atoms with Crippen LogP contribution in [-0.4, -0.2) is 11.6 Å². The summed E-state index contributed by atoms with van der Waals surface area (Å²) in [5.74, 6) is 0.438. The highest BCUT2D eigenvalue weighted by atomic mass is 35.5. The Bertz CT molecular complexity index is 1050. The summed E-state index contributed by atoms with van der Waals surface area (Å²) in [6, 6.07) is 23.6. The van der Waals surface area contributed by atoms with E-state index in [0.717, 1.165) is 28.9 Å². The zero-order valence-electron chi connectivity index (χ0n) is 16.6. The SMILES string of the molecule is CC[C@@H](C)c1ccc(N=C2C(=O)N(Cc3ccc(Cl)cc3)c3ccccc32)cc1. The van der Waals surface area contributed by atoms with Crippen molar-refractivity contribution in [2.75, 3.05) is 4.90 Å². The first-order chi connectivity index (χ1) is 14.1. The lowest BCUT2D eigenvalue weighted by Crippen LogP contribution is -2.29. The first-order valence-electron chi connectivity index (χ1n) is 9.91. The Morgan fingerprint density at radius 2 is 1.66 bits per heavy atom. The lowest BCUT2D eigenvalue weighted by molar-refractivity contribution is -0.112. The van der Waals surface area contributed by atoms with Crippen molar-refractivity contribution in [3.63, 3.8) is 0 Å². The van der Waals surface area contributed by atoms with E-state index in [2.05, 4.69) is 26.0 Å². The Balaban J connectivity index is 1.66. The van der Waals surface area contributed by atoms with Crippen LogP contribution in [-0.2, 0) is 11.3 Å². The van der Waals surface area contributed by atoms with Gasteiger partial charge < -0.3 is 4.90 Å². The molecule has 29 heavy (non-hydrogen) atoms. The molecule has 4 rings (SSSR count). The molecule has 0 radical (unpaired) electrons. The predicted octanol–water partition coefficient (Wildman–Crippen LogP) is 6.52. The number of hydrogen-bond donors (Lipinski definition) is 0. The number of benzene rings is 3. The number of carbonyl (C=O) groups excluding carboxylic acids is 1. The van der Waals surface area contributed by atoms with Crippen LogP contribution in [0.5, 0.6) is 0 Å². The molecule has 3 aromatic rings. The van der Waals surface area contributed by atoms with Gasteiger partial charge in [-0.25, -0.2) is 4.99 Å². The number of nitrogens with zero attached hydrogens (tertiary/aromatic N) is 2. The van der Waals surface area contributed by atoms with Gasteiger partial charge in [-0.15, -0.1) is 0 Å². The highest BCUT2D eigenvalue weighted by Gasteiger charge is 2.33. The zero-order chi connectivity index (χ0) is 20.4. The van der Waals surface area contributed by atoms with Crippen molar-refractivity contribution >= 4 is 34.6 Å². The number of para-hydroxylation sites is 1. The standard InChI is InChI=1S/C25H23ClN2O/c1-3-17(2)19-10-14-21(15-11-19)27-24-22-6-4-5-7-23(22)28(25(24)29)16-18-8-12-20(26)13-9-18/h4-15,17H,3,16H2,1-2H3/t17-/m1/s1. The number of anilines is 1. The van der Waals surface area contributed by atoms with Crippen LogP contribution < -0.4 is 4.90 Å². The van der Waals surface area contributed by atoms with Crippen molar-refractivity contribution in [3.8, 4) is 0 Å². The molecule has 0 spiro atoms. The van der Waals surface area contributed by atoms with Gasteiger partial charge in [-0.2, -0.15) is 0 Å². The van der Waals surface area contributed by atoms with Gasteiger partial charge in [0.15, 0.2) is 0 Å². The molecule has 1 aliphatic heterocycles. The normalized spacial score (nSPS) is 15.6. The van der Waals surface area contributed by atoms with Crippen molar-refractivity contribution in [2.24, 2.45) is 4.99 Å². The fourth-order valence-corrected chi connectivity index (χ4v) is 3.67. The molecule has 0 aromatic heterocycles. The van der Waals surface area contributed by atoms with Gasteiger partial charge in [-0.3, -0.25) is 4.79 Å². The molecule has 4 heteroatoms. The summed E-state index contributed by atoms with van der Waals surface area (Å²) in [6.07, 6.45) is 1.10. The summed E-state index contributed by atoms with van der Waals surface area (Å²) >= 11 is 5.99. The lowest BCUT2D eigenvalue weighted by atomic mass is 9.99. The first-order valence-corrected chi connectivity index (χ1v) is 10.3. The van der Waals surface area contributed by atoms with Gasteiger partial charge in [0.2, 0.25) is 0 Å². The minimum Gasteiger partial charge on any atom is -0.302 e. The van der Waals surface area contributed by atoms with E-state index in [1.54, 1.807) is 4.90 Å². The van der Waals surface area contributed by atoms with E-state index in [9.17, 15) is 4.79 Å². The average Bonchev–Trinajstić information content (AvgIpc) is 3.01. The fourth-order valence-electron chi connectivity index (χ4n) is 3.54. The van der Waals surface area contributed by atoms with Gasteiger partial charge in [0.05, 0.1) is 17.9 Å². The molecule has 146 valence electrons. The Hall–Kier alpha value is -2.91. The van der Waals surface area contributed by atoms with E-state index >= 15 is 0 Å². The molecule has 0 saturated carbocycles. The lowest BCUT2D eigenvalue weighted by Gasteiger charge is -2.17. The van der Waals surface area contributed by atoms with E-state index < -0.39 is 0 Å². The van der Waals surface area contributed by atoms with Crippen molar-refractivity contribution < 1.29 is 4.79 Å². The molecule has 0 fully saturated rings. The highest BCUT2D eigenvalue weighted by Crippen LogP contribution is 2.32. The van der Waals surface area contributed by atoms with Crippen LogP contribution in [0.15, 0.2) is 77.8 Å². The van der Waals surface area contributed by atoms with Crippen molar-refractivity contribution in [3.05, 3.63) is 94.5 Å². The molecule has 0 bridgehead atoms. The van der Waals surface area contributed by atoms with Crippen LogP contribution in [0, 0.1) is 0 Å². The molecule has 1 atom stereocenters. The van der Waals surface area contributed by atoms with E-state index in [1.807, 2.05) is 60.7 Å². The predicted molar refractivity (Wildman–Crippen MR) is 120 cm³/mol. The molecule has 1 amide bonds. The fraction of sp³-hybridized carbons (Fsp3) is 0.200. The molecule has 0 aliphatic carbocycles. The molecule has 1 aliphatic rings. The second-order valence-electron chi connectivity index (χ2n) is 7.40. The smallest absolute Gasteiger partial charge is 0.277 e. The summed E-state index contributed by atoms with van der Waals surface area (Å²) in [5.41, 5.74) is 5.37. The molecule has 0 unspecified atom stereocenters. The van der Waals surface area contributed by atoms with Crippen LogP contribution in [0.2, 0.25) is 5.02 Å². The van der Waals surface area contributed by atoms with Crippen LogP contribution in [0.1, 0.15) is 42.9 Å². The Kier molecular flexibility index (Phi) is 5.50. The molecule has 3 aromatic carbocycles. The number of hydrogen-bond acceptors (Lipinski definition) is 2. The maximum atomic E-state index is 13.2. The Labute approximate surface area is 176 Å². The average molecular weight is 403 g/mol. The van der Waals surface area contributed by atoms with E-state index in [0.29, 0.717) is 23.2 Å². The van der Waals surface area contributed by atoms with Crippen LogP contribution in [0.4, 0.5) is 11.4 Å². The second-order valence-corrected chi connectivity index (χ2v) is 7.83.